The Hall–Kier alpha value is -2.45. The molecule has 1 saturated heterocycles. The lowest BCUT2D eigenvalue weighted by Gasteiger charge is -2.35. The third-order valence-corrected chi connectivity index (χ3v) is 7.78. The molecule has 1 aliphatic heterocycles. The lowest BCUT2D eigenvalue weighted by atomic mass is 9.99. The zero-order valence-corrected chi connectivity index (χ0v) is 21.8. The van der Waals surface area contributed by atoms with Gasteiger partial charge >= 0.3 is 6.09 Å². The van der Waals surface area contributed by atoms with Crippen molar-refractivity contribution in [3.05, 3.63) is 53.7 Å². The average Bonchev–Trinajstić information content (AvgIpc) is 2.79. The number of hydrogen-bond acceptors (Lipinski definition) is 5. The van der Waals surface area contributed by atoms with E-state index in [4.69, 9.17) is 4.74 Å². The summed E-state index contributed by atoms with van der Waals surface area (Å²) in [6, 6.07) is 10.4. The monoisotopic (exact) mass is 487 g/mol. The minimum absolute atomic E-state index is 0.285. The second-order valence-corrected chi connectivity index (χ2v) is 11.8. The fourth-order valence-electron chi connectivity index (χ4n) is 4.06. The largest absolute Gasteiger partial charge is 0.443 e. The average molecular weight is 488 g/mol. The highest BCUT2D eigenvalue weighted by molar-refractivity contribution is 7.89. The summed E-state index contributed by atoms with van der Waals surface area (Å²) < 4.78 is 34.0. The van der Waals surface area contributed by atoms with E-state index in [0.717, 1.165) is 43.2 Å². The normalized spacial score (nSPS) is 17.4. The Morgan fingerprint density at radius 1 is 1.15 bits per heavy atom. The number of hydrogen-bond donors (Lipinski definition) is 0. The molecular weight excluding hydrogens is 450 g/mol. The van der Waals surface area contributed by atoms with Gasteiger partial charge in [0.25, 0.3) is 0 Å². The number of rotatable bonds is 7. The van der Waals surface area contributed by atoms with Crippen molar-refractivity contribution < 1.29 is 17.9 Å². The highest BCUT2D eigenvalue weighted by atomic mass is 32.2. The number of unbranched alkanes of at least 4 members (excludes halogenated alkanes) is 1. The van der Waals surface area contributed by atoms with E-state index in [1.54, 1.807) is 33.6 Å². The molecule has 1 aliphatic rings. The van der Waals surface area contributed by atoms with Crippen LogP contribution >= 0.6 is 0 Å². The van der Waals surface area contributed by atoms with Crippen LogP contribution in [0.15, 0.2) is 47.5 Å². The van der Waals surface area contributed by atoms with Gasteiger partial charge in [0.1, 0.15) is 11.4 Å². The molecule has 0 N–H and O–H groups in total. The van der Waals surface area contributed by atoms with Gasteiger partial charge < -0.3 is 4.74 Å². The number of piperidine rings is 1. The molecule has 1 fully saturated rings. The fourth-order valence-corrected chi connectivity index (χ4v) is 5.74. The topological polar surface area (TPSA) is 79.8 Å². The van der Waals surface area contributed by atoms with Gasteiger partial charge in [-0.2, -0.15) is 4.31 Å². The van der Waals surface area contributed by atoms with Crippen LogP contribution in [0.2, 0.25) is 0 Å². The van der Waals surface area contributed by atoms with Crippen LogP contribution in [0.25, 0.3) is 0 Å². The van der Waals surface area contributed by atoms with E-state index >= 15 is 0 Å². The predicted molar refractivity (Wildman–Crippen MR) is 134 cm³/mol. The van der Waals surface area contributed by atoms with Crippen molar-refractivity contribution in [1.82, 2.24) is 9.29 Å². The SMILES string of the molecule is CCCCN(C(=O)OC(C)(C)C)c1ccc([C@@H]2CCCCN2S(=O)(=O)c2ccc(C)cc2)cn1. The number of aromatic nitrogens is 1. The number of nitrogens with zero attached hydrogens (tertiary/aromatic N) is 3. The van der Waals surface area contributed by atoms with Gasteiger partial charge in [-0.25, -0.2) is 18.2 Å². The molecule has 0 spiro atoms. The van der Waals surface area contributed by atoms with Gasteiger partial charge in [-0.05, 0) is 70.7 Å². The smallest absolute Gasteiger partial charge is 0.416 e. The summed E-state index contributed by atoms with van der Waals surface area (Å²) in [5.41, 5.74) is 1.25. The van der Waals surface area contributed by atoms with Gasteiger partial charge in [0.15, 0.2) is 0 Å². The minimum Gasteiger partial charge on any atom is -0.443 e. The molecule has 8 heteroatoms. The molecule has 7 nitrogen and oxygen atoms in total. The first-order chi connectivity index (χ1) is 16.0. The first-order valence-electron chi connectivity index (χ1n) is 12.1. The Bertz CT molecular complexity index is 1060. The van der Waals surface area contributed by atoms with Crippen LogP contribution in [0, 0.1) is 6.92 Å². The molecule has 0 bridgehead atoms. The fraction of sp³-hybridized carbons (Fsp3) is 0.538. The number of aryl methyl sites for hydroxylation is 1. The lowest BCUT2D eigenvalue weighted by Crippen LogP contribution is -2.39. The van der Waals surface area contributed by atoms with Crippen molar-refractivity contribution in [2.45, 2.75) is 83.3 Å². The molecule has 34 heavy (non-hydrogen) atoms. The number of ether oxygens (including phenoxy) is 1. The number of anilines is 1. The molecular formula is C26H37N3O4S. The first-order valence-corrected chi connectivity index (χ1v) is 13.5. The number of sulfonamides is 1. The van der Waals surface area contributed by atoms with Crippen molar-refractivity contribution in [3.8, 4) is 0 Å². The van der Waals surface area contributed by atoms with Crippen LogP contribution in [0.3, 0.4) is 0 Å². The van der Waals surface area contributed by atoms with E-state index in [1.165, 1.54) is 0 Å². The molecule has 0 aliphatic carbocycles. The lowest BCUT2D eigenvalue weighted by molar-refractivity contribution is 0.0578. The van der Waals surface area contributed by atoms with Crippen LogP contribution in [-0.2, 0) is 14.8 Å². The summed E-state index contributed by atoms with van der Waals surface area (Å²) in [5, 5.41) is 0. The number of benzene rings is 1. The zero-order chi connectivity index (χ0) is 24.9. The molecule has 2 heterocycles. The van der Waals surface area contributed by atoms with Gasteiger partial charge in [-0.3, -0.25) is 4.90 Å². The Balaban J connectivity index is 1.87. The molecule has 1 amide bonds. The van der Waals surface area contributed by atoms with E-state index in [-0.39, 0.29) is 6.04 Å². The van der Waals surface area contributed by atoms with Gasteiger partial charge in [0, 0.05) is 19.3 Å². The van der Waals surface area contributed by atoms with Crippen LogP contribution in [-0.4, -0.2) is 42.5 Å². The summed E-state index contributed by atoms with van der Waals surface area (Å²) in [5.74, 6) is 0.509. The molecule has 0 saturated carbocycles. The van der Waals surface area contributed by atoms with E-state index < -0.39 is 21.7 Å². The third kappa shape index (κ3) is 6.36. The first kappa shape index (κ1) is 26.2. The van der Waals surface area contributed by atoms with E-state index in [2.05, 4.69) is 11.9 Å². The Morgan fingerprint density at radius 3 is 2.44 bits per heavy atom. The molecule has 1 aromatic heterocycles. The van der Waals surface area contributed by atoms with Crippen LogP contribution in [0.4, 0.5) is 10.6 Å². The highest BCUT2D eigenvalue weighted by Crippen LogP contribution is 2.35. The minimum atomic E-state index is -3.63. The molecule has 1 aromatic carbocycles. The van der Waals surface area contributed by atoms with Crippen molar-refractivity contribution in [3.63, 3.8) is 0 Å². The van der Waals surface area contributed by atoms with E-state index in [9.17, 15) is 13.2 Å². The highest BCUT2D eigenvalue weighted by Gasteiger charge is 2.35. The van der Waals surface area contributed by atoms with E-state index in [1.807, 2.05) is 45.9 Å². The van der Waals surface area contributed by atoms with Crippen molar-refractivity contribution in [2.24, 2.45) is 0 Å². The Labute approximate surface area is 204 Å². The molecule has 3 rings (SSSR count). The van der Waals surface area contributed by atoms with Crippen molar-refractivity contribution >= 4 is 21.9 Å². The predicted octanol–water partition coefficient (Wildman–Crippen LogP) is 5.85. The number of amides is 1. The number of pyridine rings is 1. The Morgan fingerprint density at radius 2 is 1.85 bits per heavy atom. The zero-order valence-electron chi connectivity index (χ0n) is 21.0. The molecule has 1 atom stereocenters. The second kappa shape index (κ2) is 10.9. The summed E-state index contributed by atoms with van der Waals surface area (Å²) in [6.07, 6.45) is 5.55. The number of carbonyl (C=O) groups excluding carboxylic acids is 1. The molecule has 0 unspecified atom stereocenters. The summed E-state index contributed by atoms with van der Waals surface area (Å²) in [7, 11) is -3.63. The van der Waals surface area contributed by atoms with E-state index in [0.29, 0.717) is 23.8 Å². The van der Waals surface area contributed by atoms with Gasteiger partial charge in [-0.15, -0.1) is 0 Å². The van der Waals surface area contributed by atoms with Gasteiger partial charge in [0.2, 0.25) is 10.0 Å². The van der Waals surface area contributed by atoms with Crippen LogP contribution in [0.1, 0.15) is 77.0 Å². The number of carbonyl (C=O) groups is 1. The molecule has 0 radical (unpaired) electrons. The van der Waals surface area contributed by atoms with Crippen molar-refractivity contribution in [1.29, 1.82) is 0 Å². The maximum absolute atomic E-state index is 13.4. The third-order valence-electron chi connectivity index (χ3n) is 5.86. The van der Waals surface area contributed by atoms with Gasteiger partial charge in [0.05, 0.1) is 10.9 Å². The molecule has 2 aromatic rings. The quantitative estimate of drug-likeness (QED) is 0.490. The van der Waals surface area contributed by atoms with Gasteiger partial charge in [-0.1, -0.05) is 43.5 Å². The maximum Gasteiger partial charge on any atom is 0.416 e. The maximum atomic E-state index is 13.4. The summed E-state index contributed by atoms with van der Waals surface area (Å²) >= 11 is 0. The second-order valence-electron chi connectivity index (χ2n) is 9.88. The molecule has 186 valence electrons. The summed E-state index contributed by atoms with van der Waals surface area (Å²) in [4.78, 5) is 19.2. The Kier molecular flexibility index (Phi) is 8.36. The summed E-state index contributed by atoms with van der Waals surface area (Å²) in [6.45, 7) is 10.5. The van der Waals surface area contributed by atoms with Crippen LogP contribution in [0.5, 0.6) is 0 Å². The van der Waals surface area contributed by atoms with Crippen molar-refractivity contribution in [2.75, 3.05) is 18.0 Å². The standard InChI is InChI=1S/C26H37N3O4S/c1-6-7-17-28(25(30)33-26(3,4)5)24-16-13-21(19-27-24)23-10-8-9-18-29(23)34(31,32)22-14-11-20(2)12-15-22/h11-16,19,23H,6-10,17-18H2,1-5H3/t23-/m0/s1. The van der Waals surface area contributed by atoms with Crippen LogP contribution < -0.4 is 4.90 Å².